The SMILES string of the molecule is O=C(O)[C@H]1CCCN1C(=O)NCCc1cscn1. The molecule has 2 N–H and O–H groups in total. The summed E-state index contributed by atoms with van der Waals surface area (Å²) in [5.74, 6) is -0.929. The van der Waals surface area contributed by atoms with Gasteiger partial charge in [-0.05, 0) is 12.8 Å². The van der Waals surface area contributed by atoms with E-state index in [0.717, 1.165) is 12.1 Å². The maximum atomic E-state index is 11.8. The predicted octanol–water partition coefficient (Wildman–Crippen LogP) is 0.944. The second-order valence-corrected chi connectivity index (χ2v) is 4.87. The lowest BCUT2D eigenvalue weighted by atomic mass is 10.2. The summed E-state index contributed by atoms with van der Waals surface area (Å²) in [6.07, 6.45) is 1.95. The molecule has 1 aliphatic rings. The van der Waals surface area contributed by atoms with Crippen LogP contribution in [0, 0.1) is 0 Å². The number of carboxylic acids is 1. The van der Waals surface area contributed by atoms with Crippen LogP contribution in [0.1, 0.15) is 18.5 Å². The highest BCUT2D eigenvalue weighted by molar-refractivity contribution is 7.07. The Bertz CT molecular complexity index is 421. The number of nitrogens with one attached hydrogen (secondary N) is 1. The van der Waals surface area contributed by atoms with Crippen molar-refractivity contribution in [2.24, 2.45) is 0 Å². The third-order valence-corrected chi connectivity index (χ3v) is 3.57. The average Bonchev–Trinajstić information content (AvgIpc) is 2.99. The molecule has 2 rings (SSSR count). The lowest BCUT2D eigenvalue weighted by Gasteiger charge is -2.21. The molecular formula is C11H15N3O3S. The van der Waals surface area contributed by atoms with Gasteiger partial charge in [-0.2, -0.15) is 0 Å². The molecule has 1 aliphatic heterocycles. The van der Waals surface area contributed by atoms with Crippen LogP contribution in [0.3, 0.4) is 0 Å². The number of aliphatic carboxylic acids is 1. The van der Waals surface area contributed by atoms with Crippen LogP contribution >= 0.6 is 11.3 Å². The molecule has 0 aromatic carbocycles. The lowest BCUT2D eigenvalue weighted by Crippen LogP contribution is -2.46. The Morgan fingerprint density at radius 1 is 1.61 bits per heavy atom. The second kappa shape index (κ2) is 5.81. The summed E-state index contributed by atoms with van der Waals surface area (Å²) in [6, 6.07) is -0.973. The van der Waals surface area contributed by atoms with E-state index in [2.05, 4.69) is 10.3 Å². The molecule has 1 fully saturated rings. The van der Waals surface area contributed by atoms with Crippen LogP contribution in [0.25, 0.3) is 0 Å². The van der Waals surface area contributed by atoms with Crippen molar-refractivity contribution >= 4 is 23.3 Å². The van der Waals surface area contributed by atoms with Crippen molar-refractivity contribution in [3.63, 3.8) is 0 Å². The summed E-state index contributed by atoms with van der Waals surface area (Å²) in [4.78, 5) is 28.3. The molecule has 18 heavy (non-hydrogen) atoms. The number of hydrogen-bond acceptors (Lipinski definition) is 4. The molecule has 1 atom stereocenters. The van der Waals surface area contributed by atoms with Crippen LogP contribution in [-0.4, -0.2) is 46.1 Å². The van der Waals surface area contributed by atoms with E-state index >= 15 is 0 Å². The number of urea groups is 1. The van der Waals surface area contributed by atoms with Crippen molar-refractivity contribution in [1.82, 2.24) is 15.2 Å². The van der Waals surface area contributed by atoms with Crippen LogP contribution in [0.15, 0.2) is 10.9 Å². The van der Waals surface area contributed by atoms with Gasteiger partial charge in [-0.25, -0.2) is 14.6 Å². The topological polar surface area (TPSA) is 82.5 Å². The number of rotatable bonds is 4. The Labute approximate surface area is 109 Å². The molecular weight excluding hydrogens is 254 g/mol. The Morgan fingerprint density at radius 2 is 2.44 bits per heavy atom. The Hall–Kier alpha value is -1.63. The molecule has 0 bridgehead atoms. The summed E-state index contributed by atoms with van der Waals surface area (Å²) in [6.45, 7) is 0.991. The summed E-state index contributed by atoms with van der Waals surface area (Å²) in [5.41, 5.74) is 2.69. The smallest absolute Gasteiger partial charge is 0.326 e. The van der Waals surface area contributed by atoms with Crippen LogP contribution in [0.4, 0.5) is 4.79 Å². The van der Waals surface area contributed by atoms with E-state index in [0.29, 0.717) is 25.9 Å². The number of carboxylic acid groups (broad SMARTS) is 1. The summed E-state index contributed by atoms with van der Waals surface area (Å²) < 4.78 is 0. The van der Waals surface area contributed by atoms with E-state index in [4.69, 9.17) is 5.11 Å². The lowest BCUT2D eigenvalue weighted by molar-refractivity contribution is -0.141. The third kappa shape index (κ3) is 2.98. The summed E-state index contributed by atoms with van der Waals surface area (Å²) >= 11 is 1.52. The minimum absolute atomic E-state index is 0.296. The van der Waals surface area contributed by atoms with Gasteiger partial charge in [-0.15, -0.1) is 11.3 Å². The van der Waals surface area contributed by atoms with Crippen molar-refractivity contribution in [2.75, 3.05) is 13.1 Å². The molecule has 2 heterocycles. The second-order valence-electron chi connectivity index (χ2n) is 4.15. The molecule has 6 nitrogen and oxygen atoms in total. The number of carbonyl (C=O) groups is 2. The highest BCUT2D eigenvalue weighted by Crippen LogP contribution is 2.17. The number of hydrogen-bond donors (Lipinski definition) is 2. The standard InChI is InChI=1S/C11H15N3O3S/c15-10(16)9-2-1-5-14(9)11(17)12-4-3-8-6-18-7-13-8/h6-7,9H,1-5H2,(H,12,17)(H,15,16)/t9-/m1/s1. The number of amides is 2. The Kier molecular flexibility index (Phi) is 4.14. The molecule has 0 aliphatic carbocycles. The number of aromatic nitrogens is 1. The zero-order valence-electron chi connectivity index (χ0n) is 9.83. The van der Waals surface area contributed by atoms with Crippen molar-refractivity contribution in [3.05, 3.63) is 16.6 Å². The molecule has 1 aromatic heterocycles. The first-order valence-corrected chi connectivity index (χ1v) is 6.77. The van der Waals surface area contributed by atoms with Crippen LogP contribution in [-0.2, 0) is 11.2 Å². The normalized spacial score (nSPS) is 18.9. The van der Waals surface area contributed by atoms with Gasteiger partial charge in [0.05, 0.1) is 11.2 Å². The van der Waals surface area contributed by atoms with E-state index in [1.54, 1.807) is 5.51 Å². The quantitative estimate of drug-likeness (QED) is 0.852. The fourth-order valence-corrected chi connectivity index (χ4v) is 2.62. The van der Waals surface area contributed by atoms with E-state index < -0.39 is 12.0 Å². The highest BCUT2D eigenvalue weighted by Gasteiger charge is 2.33. The first-order valence-electron chi connectivity index (χ1n) is 5.83. The molecule has 0 unspecified atom stereocenters. The predicted molar refractivity (Wildman–Crippen MR) is 66.6 cm³/mol. The molecule has 2 amide bonds. The average molecular weight is 269 g/mol. The van der Waals surface area contributed by atoms with E-state index in [1.807, 2.05) is 5.38 Å². The third-order valence-electron chi connectivity index (χ3n) is 2.94. The van der Waals surface area contributed by atoms with Gasteiger partial charge in [-0.1, -0.05) is 0 Å². The van der Waals surface area contributed by atoms with Crippen LogP contribution in [0.5, 0.6) is 0 Å². The van der Waals surface area contributed by atoms with Gasteiger partial charge in [0.1, 0.15) is 6.04 Å². The number of nitrogens with zero attached hydrogens (tertiary/aromatic N) is 2. The fraction of sp³-hybridized carbons (Fsp3) is 0.545. The molecule has 0 radical (unpaired) electrons. The van der Waals surface area contributed by atoms with Gasteiger partial charge >= 0.3 is 12.0 Å². The molecule has 1 saturated heterocycles. The van der Waals surface area contributed by atoms with Crippen molar-refractivity contribution in [3.8, 4) is 0 Å². The van der Waals surface area contributed by atoms with E-state index in [9.17, 15) is 9.59 Å². The maximum Gasteiger partial charge on any atom is 0.326 e. The monoisotopic (exact) mass is 269 g/mol. The zero-order valence-corrected chi connectivity index (χ0v) is 10.7. The number of likely N-dealkylation sites (tertiary alicyclic amines) is 1. The molecule has 1 aromatic rings. The van der Waals surface area contributed by atoms with E-state index in [-0.39, 0.29) is 6.03 Å². The Balaban J connectivity index is 1.79. The minimum Gasteiger partial charge on any atom is -0.480 e. The summed E-state index contributed by atoms with van der Waals surface area (Å²) in [7, 11) is 0. The maximum absolute atomic E-state index is 11.8. The first kappa shape index (κ1) is 12.8. The van der Waals surface area contributed by atoms with Gasteiger partial charge in [0.25, 0.3) is 0 Å². The van der Waals surface area contributed by atoms with Crippen molar-refractivity contribution in [2.45, 2.75) is 25.3 Å². The largest absolute Gasteiger partial charge is 0.480 e. The van der Waals surface area contributed by atoms with Gasteiger partial charge in [-0.3, -0.25) is 0 Å². The fourth-order valence-electron chi connectivity index (χ4n) is 2.03. The zero-order chi connectivity index (χ0) is 13.0. The molecule has 0 saturated carbocycles. The Morgan fingerprint density at radius 3 is 3.11 bits per heavy atom. The van der Waals surface area contributed by atoms with Gasteiger partial charge in [0.15, 0.2) is 0 Å². The van der Waals surface area contributed by atoms with Crippen molar-refractivity contribution in [1.29, 1.82) is 0 Å². The molecule has 7 heteroatoms. The number of carbonyl (C=O) groups excluding carboxylic acids is 1. The van der Waals surface area contributed by atoms with Gasteiger partial charge in [0, 0.05) is 24.9 Å². The number of thiazole rings is 1. The van der Waals surface area contributed by atoms with Crippen LogP contribution in [0.2, 0.25) is 0 Å². The van der Waals surface area contributed by atoms with Crippen LogP contribution < -0.4 is 5.32 Å². The summed E-state index contributed by atoms with van der Waals surface area (Å²) in [5, 5.41) is 13.6. The highest BCUT2D eigenvalue weighted by atomic mass is 32.1. The van der Waals surface area contributed by atoms with Gasteiger partial charge < -0.3 is 15.3 Å². The van der Waals surface area contributed by atoms with E-state index in [1.165, 1.54) is 16.2 Å². The molecule has 0 spiro atoms. The first-order chi connectivity index (χ1) is 8.68. The molecule has 98 valence electrons. The van der Waals surface area contributed by atoms with Gasteiger partial charge in [0.2, 0.25) is 0 Å². The van der Waals surface area contributed by atoms with Crippen molar-refractivity contribution < 1.29 is 14.7 Å². The minimum atomic E-state index is -0.929.